The van der Waals surface area contributed by atoms with Gasteiger partial charge in [0.15, 0.2) is 0 Å². The number of benzene rings is 1. The Bertz CT molecular complexity index is 301. The van der Waals surface area contributed by atoms with E-state index in [1.54, 1.807) is 11.1 Å². The molecule has 0 radical (unpaired) electrons. The first-order valence-corrected chi connectivity index (χ1v) is 5.03. The van der Waals surface area contributed by atoms with Gasteiger partial charge in [-0.05, 0) is 48.6 Å². The SMILES string of the molecule is c1ccc2c(c1)CCCC1CC21. The first-order chi connectivity index (χ1) is 5.95. The van der Waals surface area contributed by atoms with Crippen LogP contribution in [-0.4, -0.2) is 0 Å². The molecule has 1 saturated carbocycles. The number of aryl methyl sites for hydroxylation is 1. The topological polar surface area (TPSA) is 0 Å². The zero-order chi connectivity index (χ0) is 7.97. The molecule has 1 aromatic carbocycles. The molecule has 0 heteroatoms. The summed E-state index contributed by atoms with van der Waals surface area (Å²) in [5.41, 5.74) is 3.29. The number of rotatable bonds is 0. The quantitative estimate of drug-likeness (QED) is 0.544. The van der Waals surface area contributed by atoms with Crippen LogP contribution >= 0.6 is 0 Å². The van der Waals surface area contributed by atoms with Gasteiger partial charge in [-0.3, -0.25) is 0 Å². The fourth-order valence-electron chi connectivity index (χ4n) is 2.63. The van der Waals surface area contributed by atoms with Crippen LogP contribution in [0, 0.1) is 5.92 Å². The predicted molar refractivity (Wildman–Crippen MR) is 50.2 cm³/mol. The van der Waals surface area contributed by atoms with Crippen LogP contribution in [0.15, 0.2) is 24.3 Å². The summed E-state index contributed by atoms with van der Waals surface area (Å²) in [6.45, 7) is 0. The lowest BCUT2D eigenvalue weighted by molar-refractivity contribution is 0.672. The maximum atomic E-state index is 2.34. The van der Waals surface area contributed by atoms with Crippen molar-refractivity contribution in [2.75, 3.05) is 0 Å². The molecule has 0 nitrogen and oxygen atoms in total. The molecule has 1 fully saturated rings. The van der Waals surface area contributed by atoms with E-state index in [-0.39, 0.29) is 0 Å². The maximum Gasteiger partial charge on any atom is -0.0128 e. The van der Waals surface area contributed by atoms with Gasteiger partial charge in [-0.2, -0.15) is 0 Å². The van der Waals surface area contributed by atoms with Gasteiger partial charge in [0.1, 0.15) is 0 Å². The van der Waals surface area contributed by atoms with Crippen molar-refractivity contribution < 1.29 is 0 Å². The summed E-state index contributed by atoms with van der Waals surface area (Å²) in [7, 11) is 0. The highest BCUT2D eigenvalue weighted by Gasteiger charge is 2.39. The van der Waals surface area contributed by atoms with E-state index < -0.39 is 0 Å². The third kappa shape index (κ3) is 0.906. The lowest BCUT2D eigenvalue weighted by atomic mass is 10.0. The van der Waals surface area contributed by atoms with E-state index in [9.17, 15) is 0 Å². The zero-order valence-corrected chi connectivity index (χ0v) is 7.29. The number of hydrogen-bond donors (Lipinski definition) is 0. The Morgan fingerprint density at radius 2 is 2.08 bits per heavy atom. The van der Waals surface area contributed by atoms with Gasteiger partial charge in [-0.15, -0.1) is 0 Å². The summed E-state index contributed by atoms with van der Waals surface area (Å²) < 4.78 is 0. The first-order valence-electron chi connectivity index (χ1n) is 5.03. The highest BCUT2D eigenvalue weighted by atomic mass is 14.4. The molecule has 0 bridgehead atoms. The fourth-order valence-corrected chi connectivity index (χ4v) is 2.63. The Morgan fingerprint density at radius 3 is 3.08 bits per heavy atom. The van der Waals surface area contributed by atoms with Crippen molar-refractivity contribution in [2.24, 2.45) is 5.92 Å². The molecule has 0 aromatic heterocycles. The molecule has 0 spiro atoms. The number of hydrogen-bond acceptors (Lipinski definition) is 0. The van der Waals surface area contributed by atoms with Gasteiger partial charge in [-0.1, -0.05) is 24.3 Å². The van der Waals surface area contributed by atoms with Crippen LogP contribution in [0.1, 0.15) is 36.3 Å². The average Bonchev–Trinajstić information content (AvgIpc) is 2.82. The Morgan fingerprint density at radius 1 is 1.17 bits per heavy atom. The zero-order valence-electron chi connectivity index (χ0n) is 7.29. The van der Waals surface area contributed by atoms with E-state index in [1.165, 1.54) is 25.7 Å². The molecule has 2 aliphatic rings. The molecule has 1 aromatic rings. The molecule has 12 heavy (non-hydrogen) atoms. The van der Waals surface area contributed by atoms with Gasteiger partial charge < -0.3 is 0 Å². The maximum absolute atomic E-state index is 2.34. The van der Waals surface area contributed by atoms with Crippen molar-refractivity contribution in [2.45, 2.75) is 31.6 Å². The van der Waals surface area contributed by atoms with Crippen LogP contribution in [0.4, 0.5) is 0 Å². The second-order valence-corrected chi connectivity index (χ2v) is 4.19. The van der Waals surface area contributed by atoms with Crippen LogP contribution in [0.3, 0.4) is 0 Å². The van der Waals surface area contributed by atoms with Gasteiger partial charge in [-0.25, -0.2) is 0 Å². The summed E-state index contributed by atoms with van der Waals surface area (Å²) in [5.74, 6) is 2.00. The minimum atomic E-state index is 0.948. The summed E-state index contributed by atoms with van der Waals surface area (Å²) in [5, 5.41) is 0. The molecule has 2 aliphatic carbocycles. The van der Waals surface area contributed by atoms with Crippen molar-refractivity contribution >= 4 is 0 Å². The molecule has 0 heterocycles. The lowest BCUT2D eigenvalue weighted by Gasteiger charge is -2.04. The van der Waals surface area contributed by atoms with E-state index in [2.05, 4.69) is 24.3 Å². The molecule has 3 rings (SSSR count). The summed E-state index contributed by atoms with van der Waals surface area (Å²) in [6, 6.07) is 9.03. The fraction of sp³-hybridized carbons (Fsp3) is 0.500. The molecule has 0 amide bonds. The Labute approximate surface area is 73.6 Å². The smallest absolute Gasteiger partial charge is 0.0128 e. The van der Waals surface area contributed by atoms with Gasteiger partial charge in [0.2, 0.25) is 0 Å². The van der Waals surface area contributed by atoms with Gasteiger partial charge in [0.25, 0.3) is 0 Å². The third-order valence-electron chi connectivity index (χ3n) is 3.40. The van der Waals surface area contributed by atoms with Gasteiger partial charge in [0, 0.05) is 0 Å². The van der Waals surface area contributed by atoms with Crippen molar-refractivity contribution in [3.63, 3.8) is 0 Å². The molecule has 62 valence electrons. The van der Waals surface area contributed by atoms with Gasteiger partial charge in [0.05, 0.1) is 0 Å². The largest absolute Gasteiger partial charge is 0.0620 e. The minimum Gasteiger partial charge on any atom is -0.0620 e. The minimum absolute atomic E-state index is 0.948. The molecule has 0 N–H and O–H groups in total. The van der Waals surface area contributed by atoms with E-state index in [1.807, 2.05) is 0 Å². The molecule has 2 atom stereocenters. The third-order valence-corrected chi connectivity index (χ3v) is 3.40. The van der Waals surface area contributed by atoms with E-state index >= 15 is 0 Å². The molecular weight excluding hydrogens is 144 g/mol. The second kappa shape index (κ2) is 2.35. The van der Waals surface area contributed by atoms with Gasteiger partial charge >= 0.3 is 0 Å². The summed E-state index contributed by atoms with van der Waals surface area (Å²) in [6.07, 6.45) is 5.68. The first kappa shape index (κ1) is 6.71. The number of fused-ring (bicyclic) bond motifs is 3. The molecule has 0 aliphatic heterocycles. The highest BCUT2D eigenvalue weighted by molar-refractivity contribution is 5.35. The summed E-state index contributed by atoms with van der Waals surface area (Å²) in [4.78, 5) is 0. The van der Waals surface area contributed by atoms with Crippen LogP contribution in [0.5, 0.6) is 0 Å². The van der Waals surface area contributed by atoms with Crippen molar-refractivity contribution in [1.29, 1.82) is 0 Å². The molecular formula is C12H14. The molecule has 2 unspecified atom stereocenters. The van der Waals surface area contributed by atoms with Crippen molar-refractivity contribution in [3.05, 3.63) is 35.4 Å². The highest BCUT2D eigenvalue weighted by Crippen LogP contribution is 2.53. The van der Waals surface area contributed by atoms with Crippen LogP contribution in [0.2, 0.25) is 0 Å². The van der Waals surface area contributed by atoms with Crippen molar-refractivity contribution in [1.82, 2.24) is 0 Å². The Hall–Kier alpha value is -0.780. The van der Waals surface area contributed by atoms with E-state index in [4.69, 9.17) is 0 Å². The van der Waals surface area contributed by atoms with Crippen molar-refractivity contribution in [3.8, 4) is 0 Å². The van der Waals surface area contributed by atoms with Crippen LogP contribution in [0.25, 0.3) is 0 Å². The summed E-state index contributed by atoms with van der Waals surface area (Å²) >= 11 is 0. The standard InChI is InChI=1S/C12H14/c1-2-7-11-9(4-1)5-3-6-10-8-12(10)11/h1-2,4,7,10,12H,3,5-6,8H2. The van der Waals surface area contributed by atoms with Crippen LogP contribution < -0.4 is 0 Å². The molecule has 0 saturated heterocycles. The Balaban J connectivity index is 2.08. The monoisotopic (exact) mass is 158 g/mol. The average molecular weight is 158 g/mol. The van der Waals surface area contributed by atoms with Crippen LogP contribution in [-0.2, 0) is 6.42 Å². The predicted octanol–water partition coefficient (Wildman–Crippen LogP) is 3.13. The lowest BCUT2D eigenvalue weighted by Crippen LogP contribution is -1.88. The second-order valence-electron chi connectivity index (χ2n) is 4.19. The normalized spacial score (nSPS) is 31.7. The Kier molecular flexibility index (Phi) is 1.31. The van der Waals surface area contributed by atoms with E-state index in [0.29, 0.717) is 0 Å². The van der Waals surface area contributed by atoms with E-state index in [0.717, 1.165) is 11.8 Å².